The highest BCUT2D eigenvalue weighted by molar-refractivity contribution is 6.30. The van der Waals surface area contributed by atoms with Crippen LogP contribution in [0.25, 0.3) is 0 Å². The number of benzene rings is 1. The van der Waals surface area contributed by atoms with Gasteiger partial charge in [0.05, 0.1) is 6.61 Å². The molecule has 2 amide bonds. The van der Waals surface area contributed by atoms with Crippen LogP contribution in [0.1, 0.15) is 6.92 Å². The number of carbonyl (C=O) groups excluding carboxylic acids is 2. The first-order chi connectivity index (χ1) is 8.11. The molecule has 0 aliphatic heterocycles. The molecule has 0 fully saturated rings. The average molecular weight is 257 g/mol. The Morgan fingerprint density at radius 2 is 1.76 bits per heavy atom. The van der Waals surface area contributed by atoms with E-state index in [1.165, 1.54) is 12.1 Å². The van der Waals surface area contributed by atoms with Gasteiger partial charge < -0.3 is 9.47 Å². The molecule has 0 unspecified atom stereocenters. The van der Waals surface area contributed by atoms with Crippen LogP contribution in [0.3, 0.4) is 0 Å². The van der Waals surface area contributed by atoms with E-state index in [9.17, 15) is 9.59 Å². The molecule has 0 saturated carbocycles. The summed E-state index contributed by atoms with van der Waals surface area (Å²) in [6, 6.07) is 6.07. The number of rotatable bonds is 2. The third kappa shape index (κ3) is 5.07. The van der Waals surface area contributed by atoms with Crippen LogP contribution < -0.4 is 4.74 Å². The van der Waals surface area contributed by atoms with Crippen LogP contribution in [0.4, 0.5) is 9.59 Å². The SMILES string of the molecule is CCOC(=O)N=NC(=O)Oc1ccc(Cl)cc1. The van der Waals surface area contributed by atoms with Crippen LogP contribution in [0.5, 0.6) is 5.75 Å². The predicted octanol–water partition coefficient (Wildman–Crippen LogP) is 3.45. The van der Waals surface area contributed by atoms with Crippen molar-refractivity contribution in [2.24, 2.45) is 10.2 Å². The largest absolute Gasteiger partial charge is 0.458 e. The average Bonchev–Trinajstić information content (AvgIpc) is 2.30. The van der Waals surface area contributed by atoms with Gasteiger partial charge in [-0.25, -0.2) is 9.59 Å². The lowest BCUT2D eigenvalue weighted by Gasteiger charge is -1.99. The highest BCUT2D eigenvalue weighted by atomic mass is 35.5. The van der Waals surface area contributed by atoms with Crippen LogP contribution in [-0.4, -0.2) is 18.8 Å². The lowest BCUT2D eigenvalue weighted by molar-refractivity contribution is 0.160. The molecule has 6 nitrogen and oxygen atoms in total. The van der Waals surface area contributed by atoms with Crippen molar-refractivity contribution in [1.82, 2.24) is 0 Å². The van der Waals surface area contributed by atoms with Gasteiger partial charge in [-0.15, -0.1) is 0 Å². The van der Waals surface area contributed by atoms with Crippen molar-refractivity contribution in [3.63, 3.8) is 0 Å². The van der Waals surface area contributed by atoms with Gasteiger partial charge in [0.1, 0.15) is 5.75 Å². The van der Waals surface area contributed by atoms with Gasteiger partial charge in [0, 0.05) is 5.02 Å². The Bertz CT molecular complexity index is 430. The van der Waals surface area contributed by atoms with Crippen LogP contribution in [-0.2, 0) is 4.74 Å². The zero-order chi connectivity index (χ0) is 12.7. The second-order valence-electron chi connectivity index (χ2n) is 2.72. The second-order valence-corrected chi connectivity index (χ2v) is 3.16. The van der Waals surface area contributed by atoms with E-state index in [1.54, 1.807) is 19.1 Å². The molecule has 0 radical (unpaired) electrons. The van der Waals surface area contributed by atoms with E-state index in [4.69, 9.17) is 16.3 Å². The van der Waals surface area contributed by atoms with Gasteiger partial charge >= 0.3 is 12.2 Å². The first kappa shape index (κ1) is 13.1. The molecule has 0 bridgehead atoms. The summed E-state index contributed by atoms with van der Waals surface area (Å²) in [5.41, 5.74) is 0. The highest BCUT2D eigenvalue weighted by Crippen LogP contribution is 2.15. The third-order valence-corrected chi connectivity index (χ3v) is 1.75. The lowest BCUT2D eigenvalue weighted by atomic mass is 10.3. The van der Waals surface area contributed by atoms with Crippen LogP contribution in [0.2, 0.25) is 5.02 Å². The Labute approximate surface area is 102 Å². The van der Waals surface area contributed by atoms with Crippen molar-refractivity contribution in [3.05, 3.63) is 29.3 Å². The Balaban J connectivity index is 2.49. The number of nitrogens with zero attached hydrogens (tertiary/aromatic N) is 2. The second kappa shape index (κ2) is 6.59. The molecule has 0 N–H and O–H groups in total. The molecule has 0 heterocycles. The zero-order valence-corrected chi connectivity index (χ0v) is 9.68. The molecule has 0 aromatic heterocycles. The summed E-state index contributed by atoms with van der Waals surface area (Å²) < 4.78 is 9.17. The fourth-order valence-corrected chi connectivity index (χ4v) is 0.984. The zero-order valence-electron chi connectivity index (χ0n) is 8.92. The van der Waals surface area contributed by atoms with E-state index >= 15 is 0 Å². The molecule has 17 heavy (non-hydrogen) atoms. The summed E-state index contributed by atoms with van der Waals surface area (Å²) in [5, 5.41) is 6.52. The van der Waals surface area contributed by atoms with Crippen molar-refractivity contribution in [3.8, 4) is 5.75 Å². The van der Waals surface area contributed by atoms with E-state index in [0.717, 1.165) is 0 Å². The van der Waals surface area contributed by atoms with Crippen molar-refractivity contribution in [1.29, 1.82) is 0 Å². The van der Waals surface area contributed by atoms with E-state index in [0.29, 0.717) is 5.02 Å². The fraction of sp³-hybridized carbons (Fsp3) is 0.200. The van der Waals surface area contributed by atoms with Gasteiger partial charge in [-0.3, -0.25) is 0 Å². The first-order valence-electron chi connectivity index (χ1n) is 4.67. The summed E-state index contributed by atoms with van der Waals surface area (Å²) in [4.78, 5) is 21.8. The first-order valence-corrected chi connectivity index (χ1v) is 5.05. The maximum atomic E-state index is 11.1. The van der Waals surface area contributed by atoms with Gasteiger partial charge in [0.25, 0.3) is 0 Å². The van der Waals surface area contributed by atoms with Gasteiger partial charge in [0.15, 0.2) is 0 Å². The van der Waals surface area contributed by atoms with E-state index in [-0.39, 0.29) is 12.4 Å². The lowest BCUT2D eigenvalue weighted by Crippen LogP contribution is -2.03. The topological polar surface area (TPSA) is 77.3 Å². The minimum absolute atomic E-state index is 0.157. The number of hydrogen-bond donors (Lipinski definition) is 0. The minimum atomic E-state index is -1.01. The van der Waals surface area contributed by atoms with E-state index < -0.39 is 12.2 Å². The predicted molar refractivity (Wildman–Crippen MR) is 59.4 cm³/mol. The quantitative estimate of drug-likeness (QED) is 0.759. The fourth-order valence-electron chi connectivity index (χ4n) is 0.858. The van der Waals surface area contributed by atoms with Crippen LogP contribution in [0.15, 0.2) is 34.5 Å². The van der Waals surface area contributed by atoms with Crippen molar-refractivity contribution < 1.29 is 19.1 Å². The maximum absolute atomic E-state index is 11.1. The third-order valence-electron chi connectivity index (χ3n) is 1.50. The Morgan fingerprint density at radius 1 is 1.18 bits per heavy atom. The Kier molecular flexibility index (Phi) is 5.09. The number of amides is 2. The Morgan fingerprint density at radius 3 is 2.35 bits per heavy atom. The number of ether oxygens (including phenoxy) is 2. The van der Waals surface area contributed by atoms with E-state index in [2.05, 4.69) is 15.0 Å². The number of hydrogen-bond acceptors (Lipinski definition) is 4. The number of halogens is 1. The molecular weight excluding hydrogens is 248 g/mol. The molecule has 0 aliphatic rings. The summed E-state index contributed by atoms with van der Waals surface area (Å²) in [5.74, 6) is 0.252. The summed E-state index contributed by atoms with van der Waals surface area (Å²) >= 11 is 5.64. The summed E-state index contributed by atoms with van der Waals surface area (Å²) in [6.45, 7) is 1.77. The van der Waals surface area contributed by atoms with Crippen molar-refractivity contribution in [2.75, 3.05) is 6.61 Å². The van der Waals surface area contributed by atoms with Crippen LogP contribution >= 0.6 is 11.6 Å². The minimum Gasteiger partial charge on any atom is -0.447 e. The molecule has 0 saturated heterocycles. The summed E-state index contributed by atoms with van der Waals surface area (Å²) in [7, 11) is 0. The Hall–Kier alpha value is -1.95. The van der Waals surface area contributed by atoms with Crippen molar-refractivity contribution >= 4 is 23.8 Å². The molecule has 0 spiro atoms. The molecule has 1 aromatic carbocycles. The number of carbonyl (C=O) groups is 2. The van der Waals surface area contributed by atoms with Gasteiger partial charge in [-0.1, -0.05) is 21.8 Å². The molecule has 7 heteroatoms. The van der Waals surface area contributed by atoms with Gasteiger partial charge in [0.2, 0.25) is 0 Å². The molecule has 0 aliphatic carbocycles. The standard InChI is InChI=1S/C10H9ClN2O4/c1-2-16-9(14)12-13-10(15)17-8-5-3-7(11)4-6-8/h3-6H,2H2,1H3. The molecular formula is C10H9ClN2O4. The molecule has 90 valence electrons. The van der Waals surface area contributed by atoms with Crippen molar-refractivity contribution in [2.45, 2.75) is 6.92 Å². The number of azo groups is 1. The van der Waals surface area contributed by atoms with Gasteiger partial charge in [-0.2, -0.15) is 0 Å². The van der Waals surface area contributed by atoms with Gasteiger partial charge in [-0.05, 0) is 31.2 Å². The monoisotopic (exact) mass is 256 g/mol. The van der Waals surface area contributed by atoms with Crippen LogP contribution in [0, 0.1) is 0 Å². The highest BCUT2D eigenvalue weighted by Gasteiger charge is 2.04. The molecule has 1 aromatic rings. The molecule has 0 atom stereocenters. The van der Waals surface area contributed by atoms with E-state index in [1.807, 2.05) is 0 Å². The summed E-state index contributed by atoms with van der Waals surface area (Å²) in [6.07, 6.45) is -1.96. The smallest absolute Gasteiger partial charge is 0.447 e. The normalized spacial score (nSPS) is 10.2. The molecule has 1 rings (SSSR count). The maximum Gasteiger partial charge on any atom is 0.458 e.